The fourth-order valence-electron chi connectivity index (χ4n) is 3.30. The van der Waals surface area contributed by atoms with Crippen molar-refractivity contribution in [1.82, 2.24) is 4.90 Å². The Kier molecular flexibility index (Phi) is 4.13. The molecular formula is C18H23NO2. The van der Waals surface area contributed by atoms with Crippen LogP contribution in [0, 0.1) is 0 Å². The summed E-state index contributed by atoms with van der Waals surface area (Å²) in [5.41, 5.74) is 1.02. The maximum absolute atomic E-state index is 10.6. The van der Waals surface area contributed by atoms with Gasteiger partial charge in [-0.1, -0.05) is 36.4 Å². The summed E-state index contributed by atoms with van der Waals surface area (Å²) < 4.78 is 5.43. The molecule has 0 aliphatic carbocycles. The lowest BCUT2D eigenvalue weighted by molar-refractivity contribution is 0.0292. The standard InChI is InChI=1S/C18H23NO2/c1-13(19-11-9-15(21-2)10-12-19)16-8-7-14-5-3-4-6-17(14)18(16)20/h3-8,13,15,20H,9-12H2,1-2H3. The minimum Gasteiger partial charge on any atom is -0.507 e. The lowest BCUT2D eigenvalue weighted by Gasteiger charge is -2.36. The topological polar surface area (TPSA) is 32.7 Å². The third-order valence-electron chi connectivity index (χ3n) is 4.74. The Labute approximate surface area is 126 Å². The van der Waals surface area contributed by atoms with Crippen molar-refractivity contribution >= 4 is 10.8 Å². The summed E-state index contributed by atoms with van der Waals surface area (Å²) in [6, 6.07) is 12.4. The first-order valence-corrected chi connectivity index (χ1v) is 7.68. The van der Waals surface area contributed by atoms with Gasteiger partial charge in [0.15, 0.2) is 0 Å². The minimum atomic E-state index is 0.229. The summed E-state index contributed by atoms with van der Waals surface area (Å²) in [6.45, 7) is 4.22. The molecule has 3 rings (SSSR count). The quantitative estimate of drug-likeness (QED) is 0.933. The summed E-state index contributed by atoms with van der Waals surface area (Å²) in [5, 5.41) is 12.6. The molecule has 0 amide bonds. The van der Waals surface area contributed by atoms with Gasteiger partial charge in [0.1, 0.15) is 5.75 Å². The number of benzene rings is 2. The van der Waals surface area contributed by atoms with Crippen LogP contribution in [0.1, 0.15) is 31.4 Å². The van der Waals surface area contributed by atoms with Crippen LogP contribution in [0.25, 0.3) is 10.8 Å². The van der Waals surface area contributed by atoms with Crippen LogP contribution < -0.4 is 0 Å². The lowest BCUT2D eigenvalue weighted by Crippen LogP contribution is -2.38. The Balaban J connectivity index is 1.85. The first-order chi connectivity index (χ1) is 10.2. The van der Waals surface area contributed by atoms with E-state index in [2.05, 4.69) is 24.0 Å². The lowest BCUT2D eigenvalue weighted by atomic mass is 9.98. The molecule has 1 heterocycles. The van der Waals surface area contributed by atoms with E-state index >= 15 is 0 Å². The number of likely N-dealkylation sites (tertiary alicyclic amines) is 1. The van der Waals surface area contributed by atoms with Gasteiger partial charge in [0.2, 0.25) is 0 Å². The van der Waals surface area contributed by atoms with Crippen molar-refractivity contribution in [3.05, 3.63) is 42.0 Å². The molecule has 0 radical (unpaired) electrons. The number of hydrogen-bond acceptors (Lipinski definition) is 3. The van der Waals surface area contributed by atoms with Crippen molar-refractivity contribution in [3.63, 3.8) is 0 Å². The second-order valence-electron chi connectivity index (χ2n) is 5.87. The molecule has 3 nitrogen and oxygen atoms in total. The highest BCUT2D eigenvalue weighted by molar-refractivity contribution is 5.89. The van der Waals surface area contributed by atoms with Gasteiger partial charge in [-0.3, -0.25) is 4.90 Å². The van der Waals surface area contributed by atoms with Gasteiger partial charge in [-0.15, -0.1) is 0 Å². The van der Waals surface area contributed by atoms with Crippen LogP contribution in [-0.2, 0) is 4.74 Å². The van der Waals surface area contributed by atoms with Gasteiger partial charge in [-0.2, -0.15) is 0 Å². The predicted octanol–water partition coefficient (Wildman–Crippen LogP) is 3.72. The number of aromatic hydroxyl groups is 1. The van der Waals surface area contributed by atoms with Crippen molar-refractivity contribution in [1.29, 1.82) is 0 Å². The molecule has 112 valence electrons. The molecule has 0 bridgehead atoms. The van der Waals surface area contributed by atoms with Gasteiger partial charge in [0.25, 0.3) is 0 Å². The number of rotatable bonds is 3. The second-order valence-corrected chi connectivity index (χ2v) is 5.87. The Morgan fingerprint density at radius 3 is 2.57 bits per heavy atom. The predicted molar refractivity (Wildman–Crippen MR) is 85.6 cm³/mol. The number of methoxy groups -OCH3 is 1. The first kappa shape index (κ1) is 14.4. The highest BCUT2D eigenvalue weighted by atomic mass is 16.5. The maximum atomic E-state index is 10.6. The van der Waals surface area contributed by atoms with E-state index in [9.17, 15) is 5.11 Å². The summed E-state index contributed by atoms with van der Waals surface area (Å²) >= 11 is 0. The molecule has 0 spiro atoms. The van der Waals surface area contributed by atoms with Crippen LogP contribution in [0.2, 0.25) is 0 Å². The van der Waals surface area contributed by atoms with Gasteiger partial charge < -0.3 is 9.84 Å². The van der Waals surface area contributed by atoms with E-state index in [1.54, 1.807) is 7.11 Å². The van der Waals surface area contributed by atoms with E-state index < -0.39 is 0 Å². The van der Waals surface area contributed by atoms with Crippen molar-refractivity contribution in [2.45, 2.75) is 31.9 Å². The molecule has 2 aromatic rings. The van der Waals surface area contributed by atoms with Crippen molar-refractivity contribution < 1.29 is 9.84 Å². The van der Waals surface area contributed by atoms with Crippen molar-refractivity contribution in [2.24, 2.45) is 0 Å². The van der Waals surface area contributed by atoms with Crippen LogP contribution >= 0.6 is 0 Å². The van der Waals surface area contributed by atoms with Crippen LogP contribution in [0.5, 0.6) is 5.75 Å². The SMILES string of the molecule is COC1CCN(C(C)c2ccc3ccccc3c2O)CC1. The van der Waals surface area contributed by atoms with Gasteiger partial charge in [0, 0.05) is 37.2 Å². The third kappa shape index (κ3) is 2.76. The highest BCUT2D eigenvalue weighted by Crippen LogP contribution is 2.35. The summed E-state index contributed by atoms with van der Waals surface area (Å²) in [7, 11) is 1.79. The Bertz CT molecular complexity index is 618. The number of fused-ring (bicyclic) bond motifs is 1. The Hall–Kier alpha value is -1.58. The number of hydrogen-bond donors (Lipinski definition) is 1. The van der Waals surface area contributed by atoms with E-state index in [0.717, 1.165) is 42.3 Å². The van der Waals surface area contributed by atoms with E-state index in [1.165, 1.54) is 0 Å². The van der Waals surface area contributed by atoms with Gasteiger partial charge >= 0.3 is 0 Å². The number of nitrogens with zero attached hydrogens (tertiary/aromatic N) is 1. The van der Waals surface area contributed by atoms with Crippen LogP contribution in [-0.4, -0.2) is 36.3 Å². The van der Waals surface area contributed by atoms with Crippen LogP contribution in [0.4, 0.5) is 0 Å². The van der Waals surface area contributed by atoms with Gasteiger partial charge in [-0.25, -0.2) is 0 Å². The zero-order valence-corrected chi connectivity index (χ0v) is 12.7. The Morgan fingerprint density at radius 2 is 1.86 bits per heavy atom. The molecule has 1 N–H and O–H groups in total. The second kappa shape index (κ2) is 6.04. The van der Waals surface area contributed by atoms with Crippen molar-refractivity contribution in [2.75, 3.05) is 20.2 Å². The molecule has 1 unspecified atom stereocenters. The molecule has 0 saturated carbocycles. The van der Waals surface area contributed by atoms with E-state index in [4.69, 9.17) is 4.74 Å². The highest BCUT2D eigenvalue weighted by Gasteiger charge is 2.25. The summed E-state index contributed by atoms with van der Waals surface area (Å²) in [6.07, 6.45) is 2.52. The number of phenols is 1. The molecule has 3 heteroatoms. The van der Waals surface area contributed by atoms with Crippen LogP contribution in [0.15, 0.2) is 36.4 Å². The molecule has 1 aliphatic heterocycles. The smallest absolute Gasteiger partial charge is 0.128 e. The summed E-state index contributed by atoms with van der Waals surface area (Å²) in [4.78, 5) is 2.43. The van der Waals surface area contributed by atoms with Crippen molar-refractivity contribution in [3.8, 4) is 5.75 Å². The molecule has 1 atom stereocenters. The third-order valence-corrected chi connectivity index (χ3v) is 4.74. The summed E-state index contributed by atoms with van der Waals surface area (Å²) in [5.74, 6) is 0.425. The monoisotopic (exact) mass is 285 g/mol. The van der Waals surface area contributed by atoms with E-state index in [1.807, 2.05) is 24.3 Å². The molecule has 21 heavy (non-hydrogen) atoms. The molecule has 2 aromatic carbocycles. The van der Waals surface area contributed by atoms with E-state index in [-0.39, 0.29) is 6.04 Å². The number of piperidine rings is 1. The number of phenolic OH excluding ortho intramolecular Hbond substituents is 1. The maximum Gasteiger partial charge on any atom is 0.128 e. The molecular weight excluding hydrogens is 262 g/mol. The minimum absolute atomic E-state index is 0.229. The first-order valence-electron chi connectivity index (χ1n) is 7.68. The zero-order valence-electron chi connectivity index (χ0n) is 12.7. The molecule has 0 aromatic heterocycles. The Morgan fingerprint density at radius 1 is 1.14 bits per heavy atom. The number of ether oxygens (including phenoxy) is 1. The van der Waals surface area contributed by atoms with Gasteiger partial charge in [0.05, 0.1) is 6.10 Å². The van der Waals surface area contributed by atoms with Gasteiger partial charge in [-0.05, 0) is 25.2 Å². The van der Waals surface area contributed by atoms with E-state index in [0.29, 0.717) is 11.9 Å². The van der Waals surface area contributed by atoms with Crippen LogP contribution in [0.3, 0.4) is 0 Å². The molecule has 1 saturated heterocycles. The largest absolute Gasteiger partial charge is 0.507 e. The zero-order chi connectivity index (χ0) is 14.8. The normalized spacial score (nSPS) is 19.0. The average molecular weight is 285 g/mol. The average Bonchev–Trinajstić information content (AvgIpc) is 2.55. The molecule has 1 fully saturated rings. The molecule has 1 aliphatic rings. The fraction of sp³-hybridized carbons (Fsp3) is 0.444. The fourth-order valence-corrected chi connectivity index (χ4v) is 3.30.